The maximum Gasteiger partial charge on any atom is 0.289 e. The van der Waals surface area contributed by atoms with Gasteiger partial charge in [0.15, 0.2) is 5.11 Å². The number of nitriles is 2. The highest BCUT2D eigenvalue weighted by Gasteiger charge is 2.22. The Kier molecular flexibility index (Phi) is 5.87. The summed E-state index contributed by atoms with van der Waals surface area (Å²) in [5.74, 6) is -0.487. The average molecular weight is 414 g/mol. The van der Waals surface area contributed by atoms with Crippen molar-refractivity contribution < 1.29 is 4.79 Å². The van der Waals surface area contributed by atoms with Crippen LogP contribution in [-0.4, -0.2) is 15.7 Å². The first-order valence-electron chi connectivity index (χ1n) is 8.59. The van der Waals surface area contributed by atoms with Gasteiger partial charge in [0, 0.05) is 11.1 Å². The van der Waals surface area contributed by atoms with Crippen molar-refractivity contribution in [1.82, 2.24) is 9.99 Å². The van der Waals surface area contributed by atoms with E-state index in [1.807, 2.05) is 6.07 Å². The van der Waals surface area contributed by atoms with Gasteiger partial charge in [-0.15, -0.1) is 0 Å². The predicted molar refractivity (Wildman–Crippen MR) is 116 cm³/mol. The van der Waals surface area contributed by atoms with E-state index in [2.05, 4.69) is 10.7 Å². The Morgan fingerprint density at radius 2 is 1.53 bits per heavy atom. The summed E-state index contributed by atoms with van der Waals surface area (Å²) < 4.78 is 0.941. The molecule has 0 fully saturated rings. The minimum absolute atomic E-state index is 0.0676. The highest BCUT2D eigenvalue weighted by Crippen LogP contribution is 2.27. The Labute approximate surface area is 176 Å². The van der Waals surface area contributed by atoms with Crippen LogP contribution in [-0.2, 0) is 0 Å². The molecule has 0 radical (unpaired) electrons. The highest BCUT2D eigenvalue weighted by molar-refractivity contribution is 7.80. The number of nitrogens with zero attached hydrogens (tertiary/aromatic N) is 3. The molecule has 0 unspecified atom stereocenters. The molecule has 4 N–H and O–H groups in total. The summed E-state index contributed by atoms with van der Waals surface area (Å²) in [6.45, 7) is 0. The normalized spacial score (nSPS) is 9.80. The number of carbonyl (C=O) groups is 1. The molecule has 0 aliphatic carbocycles. The van der Waals surface area contributed by atoms with Gasteiger partial charge in [-0.05, 0) is 24.4 Å². The van der Waals surface area contributed by atoms with Crippen LogP contribution in [0.3, 0.4) is 0 Å². The van der Waals surface area contributed by atoms with Crippen molar-refractivity contribution in [2.45, 2.75) is 0 Å². The number of nitrogens with one attached hydrogen (secondary N) is 2. The Balaban J connectivity index is 2.08. The van der Waals surface area contributed by atoms with Gasteiger partial charge in [-0.1, -0.05) is 48.5 Å². The lowest BCUT2D eigenvalue weighted by Crippen LogP contribution is -2.43. The minimum Gasteiger partial charge on any atom is -0.396 e. The number of carbonyl (C=O) groups excluding carboxylic acids is 1. The maximum atomic E-state index is 12.9. The van der Waals surface area contributed by atoms with Crippen LogP contribution >= 0.6 is 12.2 Å². The van der Waals surface area contributed by atoms with Crippen LogP contribution in [0.1, 0.15) is 21.5 Å². The predicted octanol–water partition coefficient (Wildman–Crippen LogP) is 2.10. The number of nitrogen functional groups attached to an aromatic ring is 1. The van der Waals surface area contributed by atoms with Crippen LogP contribution < -0.4 is 22.0 Å². The molecule has 1 heterocycles. The van der Waals surface area contributed by atoms with Crippen LogP contribution in [0, 0.1) is 22.7 Å². The molecular formula is C21H14N6O2S. The van der Waals surface area contributed by atoms with E-state index >= 15 is 0 Å². The lowest BCUT2D eigenvalue weighted by molar-refractivity contribution is 0.0977. The minimum atomic E-state index is -0.802. The molecule has 0 bridgehead atoms. The quantitative estimate of drug-likeness (QED) is 0.558. The van der Waals surface area contributed by atoms with Crippen molar-refractivity contribution in [2.75, 3.05) is 11.2 Å². The number of amides is 1. The molecule has 0 saturated heterocycles. The molecule has 0 spiro atoms. The maximum absolute atomic E-state index is 12.9. The summed E-state index contributed by atoms with van der Waals surface area (Å²) >= 11 is 5.17. The van der Waals surface area contributed by atoms with Gasteiger partial charge in [-0.3, -0.25) is 20.3 Å². The summed E-state index contributed by atoms with van der Waals surface area (Å²) in [5.41, 5.74) is 7.99. The van der Waals surface area contributed by atoms with Gasteiger partial charge in [0.25, 0.3) is 11.5 Å². The fourth-order valence-corrected chi connectivity index (χ4v) is 2.97. The topological polar surface area (TPSA) is 137 Å². The van der Waals surface area contributed by atoms with Crippen molar-refractivity contribution >= 4 is 28.9 Å². The summed E-state index contributed by atoms with van der Waals surface area (Å²) in [6.07, 6.45) is 0. The average Bonchev–Trinajstić information content (AvgIpc) is 2.77. The Hall–Kier alpha value is -4.47. The summed E-state index contributed by atoms with van der Waals surface area (Å²) in [5, 5.41) is 21.3. The van der Waals surface area contributed by atoms with Gasteiger partial charge in [-0.2, -0.15) is 10.5 Å². The molecule has 0 atom stereocenters. The van der Waals surface area contributed by atoms with Gasteiger partial charge in [0.2, 0.25) is 0 Å². The van der Waals surface area contributed by atoms with Crippen LogP contribution in [0.5, 0.6) is 0 Å². The molecule has 1 aromatic heterocycles. The number of thiocarbonyl (C=S) groups is 1. The SMILES string of the molecule is N#Cc1c(N)c(C#N)c(=O)n(NC(=S)NC(=O)c2ccccc2)c1-c1ccccc1. The molecule has 30 heavy (non-hydrogen) atoms. The third-order valence-corrected chi connectivity index (χ3v) is 4.36. The van der Waals surface area contributed by atoms with E-state index < -0.39 is 17.0 Å². The zero-order valence-electron chi connectivity index (χ0n) is 15.4. The van der Waals surface area contributed by atoms with Gasteiger partial charge < -0.3 is 5.73 Å². The fourth-order valence-electron chi connectivity index (χ4n) is 2.78. The number of anilines is 1. The van der Waals surface area contributed by atoms with Crippen molar-refractivity contribution in [3.63, 3.8) is 0 Å². The molecule has 0 aliphatic heterocycles. The van der Waals surface area contributed by atoms with Crippen molar-refractivity contribution in [2.24, 2.45) is 0 Å². The van der Waals surface area contributed by atoms with E-state index in [-0.39, 0.29) is 22.1 Å². The molecular weight excluding hydrogens is 400 g/mol. The van der Waals surface area contributed by atoms with E-state index in [1.54, 1.807) is 66.7 Å². The van der Waals surface area contributed by atoms with Gasteiger partial charge in [-0.25, -0.2) is 4.68 Å². The van der Waals surface area contributed by atoms with Crippen molar-refractivity contribution in [3.05, 3.63) is 87.7 Å². The summed E-state index contributed by atoms with van der Waals surface area (Å²) in [6, 6.07) is 20.6. The second-order valence-corrected chi connectivity index (χ2v) is 6.41. The van der Waals surface area contributed by atoms with Gasteiger partial charge >= 0.3 is 0 Å². The number of hydrogen-bond acceptors (Lipinski definition) is 6. The van der Waals surface area contributed by atoms with E-state index in [9.17, 15) is 20.1 Å². The first-order chi connectivity index (χ1) is 14.5. The second kappa shape index (κ2) is 8.69. The zero-order valence-corrected chi connectivity index (χ0v) is 16.2. The van der Waals surface area contributed by atoms with Crippen LogP contribution in [0.2, 0.25) is 0 Å². The van der Waals surface area contributed by atoms with Gasteiger partial charge in [0.05, 0.1) is 11.4 Å². The molecule has 3 aromatic rings. The highest BCUT2D eigenvalue weighted by atomic mass is 32.1. The third kappa shape index (κ3) is 3.87. The van der Waals surface area contributed by atoms with Gasteiger partial charge in [0.1, 0.15) is 23.3 Å². The van der Waals surface area contributed by atoms with E-state index in [1.165, 1.54) is 0 Å². The molecule has 0 saturated carbocycles. The molecule has 0 aliphatic rings. The van der Waals surface area contributed by atoms with Crippen molar-refractivity contribution in [3.8, 4) is 23.4 Å². The van der Waals surface area contributed by atoms with Crippen LogP contribution in [0.25, 0.3) is 11.3 Å². The number of hydrogen-bond donors (Lipinski definition) is 3. The Morgan fingerprint density at radius 3 is 2.10 bits per heavy atom. The number of pyridine rings is 1. The molecule has 3 rings (SSSR count). The molecule has 1 amide bonds. The third-order valence-electron chi connectivity index (χ3n) is 4.16. The van der Waals surface area contributed by atoms with Crippen LogP contribution in [0.4, 0.5) is 5.69 Å². The van der Waals surface area contributed by atoms with Crippen molar-refractivity contribution in [1.29, 1.82) is 10.5 Å². The van der Waals surface area contributed by atoms with E-state index in [0.717, 1.165) is 4.68 Å². The largest absolute Gasteiger partial charge is 0.396 e. The zero-order chi connectivity index (χ0) is 21.7. The fraction of sp³-hybridized carbons (Fsp3) is 0. The summed E-state index contributed by atoms with van der Waals surface area (Å²) in [7, 11) is 0. The molecule has 2 aromatic carbocycles. The standard InChI is InChI=1S/C21H14N6O2S/c22-11-15-17(24)16(12-23)20(29)27(18(15)13-7-3-1-4-8-13)26-21(30)25-19(28)14-9-5-2-6-10-14/h1-10H,24H2,(H2,25,26,28,30). The molecule has 146 valence electrons. The smallest absolute Gasteiger partial charge is 0.289 e. The van der Waals surface area contributed by atoms with E-state index in [4.69, 9.17) is 18.0 Å². The second-order valence-electron chi connectivity index (χ2n) is 6.00. The number of aromatic nitrogens is 1. The monoisotopic (exact) mass is 414 g/mol. The Morgan fingerprint density at radius 1 is 0.967 bits per heavy atom. The first kappa shape index (κ1) is 20.3. The molecule has 9 heteroatoms. The van der Waals surface area contributed by atoms with E-state index in [0.29, 0.717) is 11.1 Å². The van der Waals surface area contributed by atoms with Crippen LogP contribution in [0.15, 0.2) is 65.5 Å². The first-order valence-corrected chi connectivity index (χ1v) is 9.00. The Bertz CT molecular complexity index is 1270. The number of nitrogens with two attached hydrogens (primary N) is 1. The molecule has 8 nitrogen and oxygen atoms in total. The number of rotatable bonds is 3. The number of benzene rings is 2. The lowest BCUT2D eigenvalue weighted by Gasteiger charge is -2.19. The lowest BCUT2D eigenvalue weighted by atomic mass is 10.0. The summed E-state index contributed by atoms with van der Waals surface area (Å²) in [4.78, 5) is 25.2.